The van der Waals surface area contributed by atoms with E-state index >= 15 is 0 Å². The van der Waals surface area contributed by atoms with Gasteiger partial charge in [0.15, 0.2) is 6.04 Å². The van der Waals surface area contributed by atoms with Crippen molar-refractivity contribution in [2.75, 3.05) is 58.9 Å². The quantitative estimate of drug-likeness (QED) is 0.0183. The molecule has 4 rings (SSSR count). The molecule has 1 aromatic carbocycles. The van der Waals surface area contributed by atoms with E-state index in [1.165, 1.54) is 25.0 Å². The minimum absolute atomic E-state index is 0.0245. The molecular weight excluding hydrogens is 1730 g/mol. The molecule has 0 aliphatic rings. The Balaban J connectivity index is 1.50. The van der Waals surface area contributed by atoms with Crippen LogP contribution in [-0.2, 0) is 110 Å². The number of carbonyl (C=O) groups excluding carboxylic acids is 18. The molecule has 0 bridgehead atoms. The summed E-state index contributed by atoms with van der Waals surface area (Å²) in [7, 11) is 0. The Kier molecular flexibility index (Phi) is 51.0. The largest absolute Gasteiger partial charge is 0.480 e. The van der Waals surface area contributed by atoms with Gasteiger partial charge in [0.05, 0.1) is 63.7 Å². The molecule has 3 heterocycles. The summed E-state index contributed by atoms with van der Waals surface area (Å²) >= 11 is 0. The smallest absolute Gasteiger partial charge is 0.328 e. The highest BCUT2D eigenvalue weighted by Gasteiger charge is 2.38. The number of amides is 18. The number of primary amides is 3. The van der Waals surface area contributed by atoms with Gasteiger partial charge in [-0.15, -0.1) is 0 Å². The number of aliphatic carboxylic acids is 1. The zero-order chi connectivity index (χ0) is 97.8. The number of aromatic amines is 3. The molecule has 3 aromatic heterocycles. The number of benzene rings is 1. The third-order valence-corrected chi connectivity index (χ3v) is 20.6. The molecule has 0 radical (unpaired) electrons. The number of imidazole rings is 2. The maximum absolute atomic E-state index is 14.5. The van der Waals surface area contributed by atoms with Crippen LogP contribution in [0.1, 0.15) is 159 Å². The number of aliphatic hydroxyl groups excluding tert-OH is 1. The lowest BCUT2D eigenvalue weighted by atomic mass is 10.0. The molecule has 732 valence electrons. The molecule has 0 saturated carbocycles. The fraction of sp³-hybridized carbons (Fsp3) is 0.593. The highest BCUT2D eigenvalue weighted by Crippen LogP contribution is 2.21. The summed E-state index contributed by atoms with van der Waals surface area (Å²) in [4.78, 5) is 276. The Morgan fingerprint density at radius 3 is 0.985 bits per heavy atom. The third kappa shape index (κ3) is 41.7. The summed E-state index contributed by atoms with van der Waals surface area (Å²) < 4.78 is 0. The van der Waals surface area contributed by atoms with E-state index in [0.717, 1.165) is 6.92 Å². The molecule has 0 unspecified atom stereocenters. The van der Waals surface area contributed by atoms with Crippen molar-refractivity contribution >= 4 is 123 Å². The van der Waals surface area contributed by atoms with Gasteiger partial charge in [0.2, 0.25) is 106 Å². The van der Waals surface area contributed by atoms with Crippen molar-refractivity contribution in [3.63, 3.8) is 0 Å². The normalized spacial score (nSPS) is 14.3. The molecule has 40 N–H and O–H groups in total. The highest BCUT2D eigenvalue weighted by molar-refractivity contribution is 6.02. The fourth-order valence-electron chi connectivity index (χ4n) is 13.5. The molecular formula is C81H132N30O21. The monoisotopic (exact) mass is 1860 g/mol. The van der Waals surface area contributed by atoms with Crippen molar-refractivity contribution in [3.05, 3.63) is 72.5 Å². The predicted octanol–water partition coefficient (Wildman–Crippen LogP) is -11.0. The second kappa shape index (κ2) is 60.6. The van der Waals surface area contributed by atoms with Crippen LogP contribution in [0.2, 0.25) is 0 Å². The minimum Gasteiger partial charge on any atom is -0.480 e. The molecule has 0 saturated heterocycles. The van der Waals surface area contributed by atoms with Crippen LogP contribution in [0.15, 0.2) is 55.5 Å². The van der Waals surface area contributed by atoms with E-state index in [-0.39, 0.29) is 128 Å². The molecule has 0 aliphatic heterocycles. The van der Waals surface area contributed by atoms with Gasteiger partial charge in [0.25, 0.3) is 0 Å². The average Bonchev–Trinajstić information content (AvgIpc) is 1.67. The Bertz CT molecular complexity index is 4420. The number of unbranched alkanes of at least 4 members (excludes halogenated alkanes) is 6. The lowest BCUT2D eigenvalue weighted by Crippen LogP contribution is -2.59. The average molecular weight is 1860 g/mol. The van der Waals surface area contributed by atoms with E-state index in [9.17, 15) is 101 Å². The molecule has 0 spiro atoms. The van der Waals surface area contributed by atoms with Gasteiger partial charge in [-0.2, -0.15) is 0 Å². The number of carboxylic acid groups (broad SMARTS) is 1. The number of hydrogen-bond donors (Lipinski definition) is 30. The number of nitrogens with zero attached hydrogens (tertiary/aromatic N) is 2. The van der Waals surface area contributed by atoms with E-state index in [0.29, 0.717) is 67.1 Å². The van der Waals surface area contributed by atoms with Crippen LogP contribution >= 0.6 is 0 Å². The fourth-order valence-corrected chi connectivity index (χ4v) is 13.5. The number of H-pyrrole nitrogens is 3. The molecule has 18 amide bonds. The molecule has 51 nitrogen and oxygen atoms in total. The number of hydrogen-bond acceptors (Lipinski definition) is 29. The van der Waals surface area contributed by atoms with Gasteiger partial charge < -0.3 is 162 Å². The molecule has 14 atom stereocenters. The van der Waals surface area contributed by atoms with Crippen molar-refractivity contribution < 1.29 is 101 Å². The number of nitrogens with one attached hydrogen (secondary N) is 18. The Hall–Kier alpha value is -13.2. The number of rotatable bonds is 68. The van der Waals surface area contributed by atoms with Gasteiger partial charge in [-0.1, -0.05) is 18.2 Å². The Morgan fingerprint density at radius 2 is 0.636 bits per heavy atom. The maximum atomic E-state index is 14.5. The van der Waals surface area contributed by atoms with Crippen molar-refractivity contribution in [2.24, 2.45) is 57.3 Å². The third-order valence-electron chi connectivity index (χ3n) is 20.6. The minimum atomic E-state index is -1.87. The second-order valence-corrected chi connectivity index (χ2v) is 31.5. The van der Waals surface area contributed by atoms with Crippen LogP contribution < -0.4 is 137 Å². The molecule has 0 fully saturated rings. The van der Waals surface area contributed by atoms with Crippen molar-refractivity contribution in [1.29, 1.82) is 0 Å². The van der Waals surface area contributed by atoms with Crippen molar-refractivity contribution in [2.45, 2.75) is 246 Å². The van der Waals surface area contributed by atoms with Gasteiger partial charge in [0, 0.05) is 60.1 Å². The first kappa shape index (κ1) is 111. The maximum Gasteiger partial charge on any atom is 0.328 e. The number of fused-ring (bicyclic) bond motifs is 1. The van der Waals surface area contributed by atoms with Crippen molar-refractivity contribution in [3.8, 4) is 0 Å². The second-order valence-electron chi connectivity index (χ2n) is 31.5. The summed E-state index contributed by atoms with van der Waals surface area (Å²) in [5.74, 6) is -20.0. The van der Waals surface area contributed by atoms with Crippen LogP contribution in [0.3, 0.4) is 0 Å². The molecule has 0 aliphatic carbocycles. The summed E-state index contributed by atoms with van der Waals surface area (Å²) in [6.07, 6.45) is 5.28. The standard InChI is InChI=1S/C81H132N30O21/c1-44(112)68(81(131)132)111-77(127)56(23-9-15-29-87)106-78(128)57(30-45-36-94-50-17-3-2-16-48(45)50)102-67(118)41-97-72(122)60(34-63(90)114)109-79(129)58(32-47-38-93-43-99-47)107-74(124)53(20-6-12-26-84)101-66(117)40-96-71(121)59(33-62(89)113)108-76(126)55(22-8-14-28-86)105-73(123)52(19-5-11-25-83)100-65(116)39-95-70(120)51(18-4-10-24-82)104-80(130)61(35-64(91)115)110-75(125)54(21-7-13-27-85)103-69(119)49(88)31-46-37-92-42-98-46/h2-3,16-17,36-38,42-44,49,51-61,68,94,112H,4-15,18-35,39-41,82-88H2,1H3,(H2,89,113)(H2,90,114)(H2,91,115)(H,92,98)(H,93,99)(H,95,120)(H,96,121)(H,97,122)(H,100,116)(H,101,117)(H,102,118)(H,103,119)(H,104,130)(H,105,123)(H,106,128)(H,107,124)(H,108,126)(H,109,129)(H,110,125)(H,111,127)(H,131,132)/t44-,49+,51+,52+,53+,54+,55+,56+,57+,58+,59+,60+,61+,68+/m1/s1. The summed E-state index contributed by atoms with van der Waals surface area (Å²) in [6, 6.07) is -13.2. The zero-order valence-corrected chi connectivity index (χ0v) is 73.9. The van der Waals surface area contributed by atoms with Gasteiger partial charge in [0.1, 0.15) is 66.5 Å². The number of nitrogens with two attached hydrogens (primary N) is 10. The van der Waals surface area contributed by atoms with E-state index in [2.05, 4.69) is 105 Å². The zero-order valence-electron chi connectivity index (χ0n) is 73.9. The highest BCUT2D eigenvalue weighted by atomic mass is 16.4. The number of carbonyl (C=O) groups is 19. The summed E-state index contributed by atoms with van der Waals surface area (Å²) in [5.41, 5.74) is 59.2. The Labute approximate surface area is 760 Å². The first-order valence-electron chi connectivity index (χ1n) is 43.6. The number of aromatic nitrogens is 5. The van der Waals surface area contributed by atoms with E-state index in [1.807, 2.05) is 0 Å². The number of para-hydroxylation sites is 1. The van der Waals surface area contributed by atoms with E-state index in [4.69, 9.17) is 57.3 Å². The summed E-state index contributed by atoms with van der Waals surface area (Å²) in [6.45, 7) is -0.558. The van der Waals surface area contributed by atoms with Crippen LogP contribution in [0.5, 0.6) is 0 Å². The topological polar surface area (TPSA) is 879 Å². The van der Waals surface area contributed by atoms with Crippen LogP contribution in [-0.4, -0.2) is 291 Å². The van der Waals surface area contributed by atoms with E-state index in [1.54, 1.807) is 30.5 Å². The van der Waals surface area contributed by atoms with Crippen LogP contribution in [0, 0.1) is 0 Å². The predicted molar refractivity (Wildman–Crippen MR) is 475 cm³/mol. The first-order valence-corrected chi connectivity index (χ1v) is 43.6. The van der Waals surface area contributed by atoms with Gasteiger partial charge in [-0.3, -0.25) is 86.3 Å². The first-order chi connectivity index (χ1) is 62.9. The van der Waals surface area contributed by atoms with Gasteiger partial charge in [-0.25, -0.2) is 14.8 Å². The Morgan fingerprint density at radius 1 is 0.348 bits per heavy atom. The van der Waals surface area contributed by atoms with Crippen molar-refractivity contribution in [1.82, 2.24) is 105 Å². The van der Waals surface area contributed by atoms with E-state index < -0.39 is 242 Å². The molecule has 51 heteroatoms. The van der Waals surface area contributed by atoms with Crippen LogP contribution in [0.25, 0.3) is 10.9 Å². The van der Waals surface area contributed by atoms with Crippen LogP contribution in [0.4, 0.5) is 0 Å². The SMILES string of the molecule is C[C@@H](O)[C@H](NC(=O)[C@H](CCCCN)NC(=O)[C@H](Cc1c[nH]c2ccccc12)NC(=O)CNC(=O)[C@H](CC(N)=O)NC(=O)[C@H](Cc1cnc[nH]1)NC(=O)[C@H](CCCCN)NC(=O)CNC(=O)[C@H](CC(N)=O)NC(=O)[C@H](CCCCN)NC(=O)[C@H](CCCCN)NC(=O)CNC(=O)[C@H](CCCCN)NC(=O)[C@H](CC(N)=O)NC(=O)[C@H](CCCCN)NC(=O)[C@@H](N)Cc1cnc[nH]1)C(=O)O. The van der Waals surface area contributed by atoms with Gasteiger partial charge in [-0.05, 0) is 173 Å². The summed E-state index contributed by atoms with van der Waals surface area (Å²) in [5, 5.41) is 57.1. The number of aliphatic hydroxyl groups is 1. The molecule has 132 heavy (non-hydrogen) atoms. The lowest BCUT2D eigenvalue weighted by Gasteiger charge is -2.26. The molecule has 4 aromatic rings. The van der Waals surface area contributed by atoms with Gasteiger partial charge >= 0.3 is 5.97 Å². The lowest BCUT2D eigenvalue weighted by molar-refractivity contribution is -0.145. The number of carboxylic acids is 1.